The lowest BCUT2D eigenvalue weighted by atomic mass is 10.1. The highest BCUT2D eigenvalue weighted by Gasteiger charge is 2.21. The molecule has 0 fully saturated rings. The maximum atomic E-state index is 13.4. The monoisotopic (exact) mass is 314 g/mol. The molecular formula is C14H16F2N2O4. The van der Waals surface area contributed by atoms with Crippen molar-refractivity contribution in [2.45, 2.75) is 31.7 Å². The van der Waals surface area contributed by atoms with Crippen molar-refractivity contribution in [1.82, 2.24) is 5.32 Å². The molecule has 0 saturated heterocycles. The van der Waals surface area contributed by atoms with Crippen molar-refractivity contribution in [3.63, 3.8) is 0 Å². The lowest BCUT2D eigenvalue weighted by Gasteiger charge is -2.12. The Morgan fingerprint density at radius 1 is 1.27 bits per heavy atom. The molecule has 2 amide bonds. The molecule has 120 valence electrons. The average Bonchev–Trinajstić information content (AvgIpc) is 2.41. The van der Waals surface area contributed by atoms with E-state index < -0.39 is 41.9 Å². The highest BCUT2D eigenvalue weighted by atomic mass is 19.1. The second-order valence-electron chi connectivity index (χ2n) is 4.72. The number of aryl methyl sites for hydroxylation is 1. The third-order valence-corrected chi connectivity index (χ3v) is 2.90. The molecule has 1 atom stereocenters. The van der Waals surface area contributed by atoms with Crippen LogP contribution in [0, 0.1) is 11.6 Å². The Morgan fingerprint density at radius 2 is 1.95 bits per heavy atom. The molecule has 8 heteroatoms. The molecule has 1 aromatic rings. The SMILES string of the molecule is NC(=O)CC(NC(=O)CCCc1cc(F)ccc1F)C(=O)O. The van der Waals surface area contributed by atoms with Gasteiger partial charge in [0.2, 0.25) is 11.8 Å². The van der Waals surface area contributed by atoms with E-state index in [1.165, 1.54) is 0 Å². The predicted molar refractivity (Wildman–Crippen MR) is 72.7 cm³/mol. The normalized spacial score (nSPS) is 11.7. The molecule has 0 spiro atoms. The minimum Gasteiger partial charge on any atom is -0.480 e. The third kappa shape index (κ3) is 5.86. The van der Waals surface area contributed by atoms with E-state index in [4.69, 9.17) is 10.8 Å². The lowest BCUT2D eigenvalue weighted by molar-refractivity contribution is -0.143. The van der Waals surface area contributed by atoms with E-state index in [-0.39, 0.29) is 24.8 Å². The molecule has 0 bridgehead atoms. The maximum Gasteiger partial charge on any atom is 0.326 e. The fourth-order valence-electron chi connectivity index (χ4n) is 1.84. The highest BCUT2D eigenvalue weighted by Crippen LogP contribution is 2.12. The third-order valence-electron chi connectivity index (χ3n) is 2.90. The number of hydrogen-bond acceptors (Lipinski definition) is 3. The first-order valence-corrected chi connectivity index (χ1v) is 6.54. The summed E-state index contributed by atoms with van der Waals surface area (Å²) >= 11 is 0. The van der Waals surface area contributed by atoms with Crippen LogP contribution in [0.15, 0.2) is 18.2 Å². The molecule has 1 rings (SSSR count). The number of halogens is 2. The molecule has 4 N–H and O–H groups in total. The first kappa shape index (κ1) is 17.5. The van der Waals surface area contributed by atoms with E-state index in [1.807, 2.05) is 0 Å². The molecule has 6 nitrogen and oxygen atoms in total. The molecule has 0 radical (unpaired) electrons. The molecular weight excluding hydrogens is 298 g/mol. The number of carbonyl (C=O) groups is 3. The van der Waals surface area contributed by atoms with Crippen LogP contribution >= 0.6 is 0 Å². The van der Waals surface area contributed by atoms with Crippen LogP contribution < -0.4 is 11.1 Å². The fraction of sp³-hybridized carbons (Fsp3) is 0.357. The minimum absolute atomic E-state index is 0.0848. The molecule has 0 heterocycles. The van der Waals surface area contributed by atoms with Gasteiger partial charge in [-0.1, -0.05) is 0 Å². The van der Waals surface area contributed by atoms with Gasteiger partial charge >= 0.3 is 5.97 Å². The number of primary amides is 1. The second-order valence-corrected chi connectivity index (χ2v) is 4.72. The Kier molecular flexibility index (Phi) is 6.43. The number of carbonyl (C=O) groups excluding carboxylic acids is 2. The summed E-state index contributed by atoms with van der Waals surface area (Å²) in [7, 11) is 0. The molecule has 0 saturated carbocycles. The summed E-state index contributed by atoms with van der Waals surface area (Å²) in [5, 5.41) is 11.0. The zero-order chi connectivity index (χ0) is 16.7. The Bertz CT molecular complexity index is 578. The zero-order valence-electron chi connectivity index (χ0n) is 11.6. The van der Waals surface area contributed by atoms with E-state index in [9.17, 15) is 23.2 Å². The van der Waals surface area contributed by atoms with Crippen molar-refractivity contribution in [2.24, 2.45) is 5.73 Å². The standard InChI is InChI=1S/C14H16F2N2O4/c15-9-4-5-10(16)8(6-9)2-1-3-13(20)18-11(14(21)22)7-12(17)19/h4-6,11H,1-3,7H2,(H2,17,19)(H,18,20)(H,21,22). The van der Waals surface area contributed by atoms with E-state index in [0.29, 0.717) is 0 Å². The Labute approximate surface area is 125 Å². The van der Waals surface area contributed by atoms with Gasteiger partial charge < -0.3 is 16.2 Å². The van der Waals surface area contributed by atoms with Gasteiger partial charge in [0, 0.05) is 6.42 Å². The van der Waals surface area contributed by atoms with Crippen molar-refractivity contribution < 1.29 is 28.3 Å². The molecule has 0 aromatic heterocycles. The first-order valence-electron chi connectivity index (χ1n) is 6.54. The van der Waals surface area contributed by atoms with E-state index in [2.05, 4.69) is 5.32 Å². The van der Waals surface area contributed by atoms with Crippen LogP contribution in [-0.2, 0) is 20.8 Å². The van der Waals surface area contributed by atoms with Crippen LogP contribution in [0.4, 0.5) is 8.78 Å². The van der Waals surface area contributed by atoms with E-state index in [0.717, 1.165) is 18.2 Å². The lowest BCUT2D eigenvalue weighted by Crippen LogP contribution is -2.43. The molecule has 1 unspecified atom stereocenters. The minimum atomic E-state index is -1.39. The van der Waals surface area contributed by atoms with Gasteiger partial charge in [0.25, 0.3) is 0 Å². The van der Waals surface area contributed by atoms with Crippen LogP contribution in [0.3, 0.4) is 0 Å². The van der Waals surface area contributed by atoms with Gasteiger partial charge in [-0.3, -0.25) is 9.59 Å². The van der Waals surface area contributed by atoms with Gasteiger partial charge in [0.15, 0.2) is 0 Å². The van der Waals surface area contributed by atoms with Gasteiger partial charge in [-0.2, -0.15) is 0 Å². The number of aliphatic carboxylic acids is 1. The van der Waals surface area contributed by atoms with E-state index >= 15 is 0 Å². The van der Waals surface area contributed by atoms with Crippen molar-refractivity contribution in [1.29, 1.82) is 0 Å². The van der Waals surface area contributed by atoms with Crippen LogP contribution in [0.2, 0.25) is 0 Å². The van der Waals surface area contributed by atoms with Crippen LogP contribution in [0.5, 0.6) is 0 Å². The number of amides is 2. The molecule has 0 aliphatic rings. The number of carboxylic acids is 1. The van der Waals surface area contributed by atoms with Gasteiger partial charge in [0.1, 0.15) is 17.7 Å². The average molecular weight is 314 g/mol. The summed E-state index contributed by atoms with van der Waals surface area (Å²) in [5.41, 5.74) is 5.02. The van der Waals surface area contributed by atoms with Gasteiger partial charge in [0.05, 0.1) is 6.42 Å². The number of nitrogens with one attached hydrogen (secondary N) is 1. The summed E-state index contributed by atoms with van der Waals surface area (Å²) in [5.74, 6) is -3.98. The van der Waals surface area contributed by atoms with Crippen molar-refractivity contribution >= 4 is 17.8 Å². The van der Waals surface area contributed by atoms with Gasteiger partial charge in [-0.05, 0) is 36.6 Å². The quantitative estimate of drug-likeness (QED) is 0.657. The molecule has 0 aliphatic carbocycles. The van der Waals surface area contributed by atoms with Crippen LogP contribution in [0.25, 0.3) is 0 Å². The van der Waals surface area contributed by atoms with E-state index in [1.54, 1.807) is 0 Å². The number of hydrogen-bond donors (Lipinski definition) is 3. The van der Waals surface area contributed by atoms with Gasteiger partial charge in [-0.15, -0.1) is 0 Å². The summed E-state index contributed by atoms with van der Waals surface area (Å²) in [6.07, 6.45) is -0.266. The summed E-state index contributed by atoms with van der Waals surface area (Å²) in [6, 6.07) is 1.64. The fourth-order valence-corrected chi connectivity index (χ4v) is 1.84. The summed E-state index contributed by atoms with van der Waals surface area (Å²) in [4.78, 5) is 33.1. The zero-order valence-corrected chi connectivity index (χ0v) is 11.6. The van der Waals surface area contributed by atoms with Crippen molar-refractivity contribution in [3.05, 3.63) is 35.4 Å². The first-order chi connectivity index (χ1) is 10.3. The Morgan fingerprint density at radius 3 is 2.55 bits per heavy atom. The van der Waals surface area contributed by atoms with Gasteiger partial charge in [-0.25, -0.2) is 13.6 Å². The summed E-state index contributed by atoms with van der Waals surface area (Å²) in [6.45, 7) is 0. The Balaban J connectivity index is 2.47. The van der Waals surface area contributed by atoms with Crippen LogP contribution in [0.1, 0.15) is 24.8 Å². The number of rotatable bonds is 8. The largest absolute Gasteiger partial charge is 0.480 e. The maximum absolute atomic E-state index is 13.4. The topological polar surface area (TPSA) is 109 Å². The Hall–Kier alpha value is -2.51. The number of benzene rings is 1. The van der Waals surface area contributed by atoms with Crippen molar-refractivity contribution in [2.75, 3.05) is 0 Å². The predicted octanol–water partition coefficient (Wildman–Crippen LogP) is 0.732. The highest BCUT2D eigenvalue weighted by molar-refractivity contribution is 5.88. The number of carboxylic acid groups (broad SMARTS) is 1. The molecule has 22 heavy (non-hydrogen) atoms. The smallest absolute Gasteiger partial charge is 0.326 e. The second kappa shape index (κ2) is 8.06. The molecule has 1 aromatic carbocycles. The van der Waals surface area contributed by atoms with Crippen molar-refractivity contribution in [3.8, 4) is 0 Å². The van der Waals surface area contributed by atoms with Crippen LogP contribution in [-0.4, -0.2) is 28.9 Å². The summed E-state index contributed by atoms with van der Waals surface area (Å²) < 4.78 is 26.3. The molecule has 0 aliphatic heterocycles. The number of nitrogens with two attached hydrogens (primary N) is 1.